The van der Waals surface area contributed by atoms with Crippen molar-refractivity contribution >= 4 is 27.5 Å². The number of aliphatic imine (C=N–C) groups is 1. The SMILES string of the molecule is C=C1N=C(Cl)C=C2NN(OC)N=S12. The Hall–Kier alpha value is -0.690. The first-order chi connectivity index (χ1) is 6.20. The number of hydrogen-bond acceptors (Lipinski definition) is 5. The molecule has 0 saturated heterocycles. The van der Waals surface area contributed by atoms with Gasteiger partial charge in [0.25, 0.3) is 0 Å². The van der Waals surface area contributed by atoms with Gasteiger partial charge in [-0.3, -0.25) is 10.3 Å². The van der Waals surface area contributed by atoms with Crippen LogP contribution in [0.25, 0.3) is 0 Å². The van der Waals surface area contributed by atoms with Crippen molar-refractivity contribution in [3.63, 3.8) is 0 Å². The van der Waals surface area contributed by atoms with E-state index in [1.165, 1.54) is 12.4 Å². The minimum Gasteiger partial charge on any atom is -0.268 e. The molecule has 0 aliphatic carbocycles. The first-order valence-electron chi connectivity index (χ1n) is 3.42. The summed E-state index contributed by atoms with van der Waals surface area (Å²) >= 11 is 5.75. The Morgan fingerprint density at radius 3 is 3.23 bits per heavy atom. The van der Waals surface area contributed by atoms with Gasteiger partial charge < -0.3 is 0 Å². The van der Waals surface area contributed by atoms with Crippen molar-refractivity contribution in [2.24, 2.45) is 9.46 Å². The minimum atomic E-state index is -0.471. The Labute approximate surface area is 82.7 Å². The molecule has 0 amide bonds. The van der Waals surface area contributed by atoms with Crippen LogP contribution in [0.1, 0.15) is 0 Å². The third-order valence-corrected chi connectivity index (χ3v) is 3.12. The Kier molecular flexibility index (Phi) is 2.20. The van der Waals surface area contributed by atoms with Crippen LogP contribution in [0.5, 0.6) is 0 Å². The number of nitrogens with zero attached hydrogens (tertiary/aromatic N) is 3. The van der Waals surface area contributed by atoms with Crippen molar-refractivity contribution in [1.82, 2.24) is 10.7 Å². The zero-order chi connectivity index (χ0) is 9.42. The van der Waals surface area contributed by atoms with Crippen molar-refractivity contribution in [3.8, 4) is 0 Å². The Balaban J connectivity index is 2.36. The Morgan fingerprint density at radius 1 is 1.77 bits per heavy atom. The first kappa shape index (κ1) is 8.89. The second-order valence-electron chi connectivity index (χ2n) is 2.27. The molecule has 0 bridgehead atoms. The molecule has 1 N–H and O–H groups in total. The van der Waals surface area contributed by atoms with Crippen LogP contribution in [-0.2, 0) is 15.5 Å². The summed E-state index contributed by atoms with van der Waals surface area (Å²) in [6.07, 6.45) is 1.71. The number of allylic oxidation sites excluding steroid dienone is 1. The molecule has 5 nitrogen and oxygen atoms in total. The van der Waals surface area contributed by atoms with Crippen molar-refractivity contribution < 1.29 is 4.84 Å². The fourth-order valence-electron chi connectivity index (χ4n) is 0.920. The molecule has 1 unspecified atom stereocenters. The molecule has 2 aliphatic heterocycles. The molecule has 2 heterocycles. The lowest BCUT2D eigenvalue weighted by Crippen LogP contribution is -2.27. The van der Waals surface area contributed by atoms with Crippen LogP contribution < -0.4 is 5.43 Å². The van der Waals surface area contributed by atoms with Gasteiger partial charge in [-0.05, 0) is 0 Å². The van der Waals surface area contributed by atoms with Crippen LogP contribution in [0.15, 0.2) is 32.2 Å². The molecule has 0 saturated carbocycles. The third kappa shape index (κ3) is 1.53. The second-order valence-corrected chi connectivity index (χ2v) is 4.30. The topological polar surface area (TPSA) is 49.2 Å². The predicted octanol–water partition coefficient (Wildman–Crippen LogP) is 1.05. The zero-order valence-electron chi connectivity index (χ0n) is 6.82. The van der Waals surface area contributed by atoms with Gasteiger partial charge in [-0.25, -0.2) is 4.99 Å². The van der Waals surface area contributed by atoms with Gasteiger partial charge in [-0.1, -0.05) is 18.2 Å². The maximum Gasteiger partial charge on any atom is 0.133 e. The van der Waals surface area contributed by atoms with Gasteiger partial charge >= 0.3 is 0 Å². The van der Waals surface area contributed by atoms with Crippen LogP contribution in [0.3, 0.4) is 0 Å². The van der Waals surface area contributed by atoms with Gasteiger partial charge in [0.15, 0.2) is 0 Å². The van der Waals surface area contributed by atoms with Crippen LogP contribution in [-0.4, -0.2) is 17.6 Å². The molecule has 13 heavy (non-hydrogen) atoms. The van der Waals surface area contributed by atoms with E-state index in [0.717, 1.165) is 5.03 Å². The molecule has 2 rings (SSSR count). The van der Waals surface area contributed by atoms with E-state index in [1.807, 2.05) is 0 Å². The fraction of sp³-hybridized carbons (Fsp3) is 0.167. The van der Waals surface area contributed by atoms with Crippen molar-refractivity contribution in [1.29, 1.82) is 0 Å². The average molecular weight is 219 g/mol. The molecule has 2 aliphatic rings. The summed E-state index contributed by atoms with van der Waals surface area (Å²) in [6, 6.07) is 0. The summed E-state index contributed by atoms with van der Waals surface area (Å²) in [5, 5.41) is 3.16. The zero-order valence-corrected chi connectivity index (χ0v) is 8.39. The maximum atomic E-state index is 5.75. The van der Waals surface area contributed by atoms with Crippen LogP contribution in [0.4, 0.5) is 0 Å². The highest BCUT2D eigenvalue weighted by Gasteiger charge is 2.24. The van der Waals surface area contributed by atoms with Gasteiger partial charge in [-0.2, -0.15) is 0 Å². The highest BCUT2D eigenvalue weighted by atomic mass is 35.5. The van der Waals surface area contributed by atoms with Gasteiger partial charge in [-0.15, -0.1) is 4.47 Å². The van der Waals surface area contributed by atoms with Crippen LogP contribution >= 0.6 is 11.6 Å². The van der Waals surface area contributed by atoms with Crippen LogP contribution in [0, 0.1) is 0 Å². The largest absolute Gasteiger partial charge is 0.268 e. The summed E-state index contributed by atoms with van der Waals surface area (Å²) in [5.41, 5.74) is 2.90. The highest BCUT2D eigenvalue weighted by molar-refractivity contribution is 7.95. The smallest absolute Gasteiger partial charge is 0.133 e. The van der Waals surface area contributed by atoms with Gasteiger partial charge in [0.2, 0.25) is 0 Å². The number of hydrogen-bond donors (Lipinski definition) is 1. The van der Waals surface area contributed by atoms with Crippen molar-refractivity contribution in [3.05, 3.63) is 22.7 Å². The lowest BCUT2D eigenvalue weighted by atomic mass is 10.6. The van der Waals surface area contributed by atoms with E-state index in [2.05, 4.69) is 21.5 Å². The van der Waals surface area contributed by atoms with Gasteiger partial charge in [0, 0.05) is 22.0 Å². The molecule has 0 spiro atoms. The summed E-state index contributed by atoms with van der Waals surface area (Å²) in [5.74, 6) is 0. The first-order valence-corrected chi connectivity index (χ1v) is 4.98. The van der Waals surface area contributed by atoms with Gasteiger partial charge in [0.1, 0.15) is 15.2 Å². The van der Waals surface area contributed by atoms with Crippen molar-refractivity contribution in [2.75, 3.05) is 7.11 Å². The number of hydrazine groups is 1. The van der Waals surface area contributed by atoms with Crippen LogP contribution in [0.2, 0.25) is 0 Å². The summed E-state index contributed by atoms with van der Waals surface area (Å²) in [7, 11) is 1.05. The summed E-state index contributed by atoms with van der Waals surface area (Å²) in [4.78, 5) is 8.87. The van der Waals surface area contributed by atoms with E-state index in [9.17, 15) is 0 Å². The van der Waals surface area contributed by atoms with E-state index in [0.29, 0.717) is 10.2 Å². The molecule has 1 atom stereocenters. The third-order valence-electron chi connectivity index (χ3n) is 1.45. The lowest BCUT2D eigenvalue weighted by molar-refractivity contribution is -0.154. The monoisotopic (exact) mass is 218 g/mol. The maximum absolute atomic E-state index is 5.75. The van der Waals surface area contributed by atoms with E-state index < -0.39 is 10.7 Å². The molecule has 0 aromatic carbocycles. The second kappa shape index (κ2) is 3.22. The molecular weight excluding hydrogens is 212 g/mol. The molecular formula is C6H7ClN4OS. The minimum absolute atomic E-state index is 0.407. The normalized spacial score (nSPS) is 27.2. The summed E-state index contributed by atoms with van der Waals surface area (Å²) in [6.45, 7) is 3.76. The highest BCUT2D eigenvalue weighted by Crippen LogP contribution is 2.24. The molecule has 7 heteroatoms. The molecule has 0 aromatic heterocycles. The molecule has 70 valence electrons. The molecule has 0 radical (unpaired) electrons. The quantitative estimate of drug-likeness (QED) is 0.716. The fourth-order valence-corrected chi connectivity index (χ4v) is 2.51. The Bertz CT molecular complexity index is 362. The Morgan fingerprint density at radius 2 is 2.54 bits per heavy atom. The number of nitrogens with one attached hydrogen (secondary N) is 1. The molecule has 0 fully saturated rings. The van der Waals surface area contributed by atoms with E-state index >= 15 is 0 Å². The number of fused-ring (bicyclic) bond motifs is 1. The molecule has 0 aromatic rings. The standard InChI is InChI=1S/C6H7ClN4OS/c1-4-8-5(7)3-6-9-11(12-2)10-13(4)6/h3,9H,1H2,2H3. The van der Waals surface area contributed by atoms with Crippen molar-refractivity contribution in [2.45, 2.75) is 0 Å². The lowest BCUT2D eigenvalue weighted by Gasteiger charge is -2.09. The predicted molar refractivity (Wildman–Crippen MR) is 52.3 cm³/mol. The number of halogens is 1. The van der Waals surface area contributed by atoms with E-state index in [1.54, 1.807) is 6.08 Å². The average Bonchev–Trinajstić information content (AvgIpc) is 2.47. The van der Waals surface area contributed by atoms with E-state index in [4.69, 9.17) is 16.4 Å². The summed E-state index contributed by atoms with van der Waals surface area (Å²) < 4.78 is 4.14. The van der Waals surface area contributed by atoms with E-state index in [-0.39, 0.29) is 0 Å². The number of rotatable bonds is 1. The van der Waals surface area contributed by atoms with Gasteiger partial charge in [0.05, 0.1) is 7.11 Å².